The maximum atomic E-state index is 12.5. The van der Waals surface area contributed by atoms with E-state index in [9.17, 15) is 14.4 Å². The minimum absolute atomic E-state index is 0.0390. The van der Waals surface area contributed by atoms with Gasteiger partial charge >= 0.3 is 0 Å². The van der Waals surface area contributed by atoms with Crippen LogP contribution < -0.4 is 10.2 Å². The average molecular weight is 472 g/mol. The molecule has 30 heavy (non-hydrogen) atoms. The highest BCUT2D eigenvalue weighted by Crippen LogP contribution is 2.27. The molecule has 156 valence electrons. The van der Waals surface area contributed by atoms with Crippen molar-refractivity contribution in [2.24, 2.45) is 0 Å². The number of nitrogens with one attached hydrogen (secondary N) is 1. The molecule has 1 N–H and O–H groups in total. The average Bonchev–Trinajstić information content (AvgIpc) is 2.98. The van der Waals surface area contributed by atoms with Gasteiger partial charge in [-0.05, 0) is 48.9 Å². The smallest absolute Gasteiger partial charge is 0.261 e. The number of halogens is 1. The van der Waals surface area contributed by atoms with Crippen LogP contribution in [0.2, 0.25) is 0 Å². The molecule has 0 atom stereocenters. The predicted octanol–water partition coefficient (Wildman–Crippen LogP) is 3.22. The molecule has 2 heterocycles. The summed E-state index contributed by atoms with van der Waals surface area (Å²) in [5.41, 5.74) is 3.52. The van der Waals surface area contributed by atoms with Gasteiger partial charge < -0.3 is 15.0 Å². The lowest BCUT2D eigenvalue weighted by Gasteiger charge is -2.29. The molecule has 8 heteroatoms. The third-order valence-electron chi connectivity index (χ3n) is 5.36. The van der Waals surface area contributed by atoms with E-state index in [-0.39, 0.29) is 30.7 Å². The highest BCUT2D eigenvalue weighted by atomic mass is 79.9. The van der Waals surface area contributed by atoms with Crippen LogP contribution in [0.25, 0.3) is 0 Å². The molecule has 2 aromatic rings. The van der Waals surface area contributed by atoms with E-state index >= 15 is 0 Å². The van der Waals surface area contributed by atoms with E-state index < -0.39 is 0 Å². The summed E-state index contributed by atoms with van der Waals surface area (Å²) < 4.78 is 6.12. The molecule has 0 aromatic heterocycles. The molecular formula is C22H22BrN3O4. The Morgan fingerprint density at radius 3 is 2.53 bits per heavy atom. The zero-order valence-corrected chi connectivity index (χ0v) is 18.2. The maximum absolute atomic E-state index is 12.5. The van der Waals surface area contributed by atoms with Crippen LogP contribution in [-0.4, -0.2) is 55.5 Å². The first kappa shape index (κ1) is 20.6. The van der Waals surface area contributed by atoms with E-state index in [0.717, 1.165) is 39.4 Å². The summed E-state index contributed by atoms with van der Waals surface area (Å²) in [6.07, 6.45) is 0.0390. The molecular weight excluding hydrogens is 450 g/mol. The van der Waals surface area contributed by atoms with Crippen LogP contribution in [0.15, 0.2) is 40.9 Å². The first-order chi connectivity index (χ1) is 14.4. The highest BCUT2D eigenvalue weighted by molar-refractivity contribution is 9.10. The van der Waals surface area contributed by atoms with E-state index in [2.05, 4.69) is 26.1 Å². The van der Waals surface area contributed by atoms with Crippen LogP contribution in [-0.2, 0) is 9.53 Å². The van der Waals surface area contributed by atoms with Gasteiger partial charge in [0.25, 0.3) is 11.8 Å². The molecule has 3 amide bonds. The molecule has 1 fully saturated rings. The zero-order chi connectivity index (χ0) is 21.3. The number of anilines is 2. The number of carbonyl (C=O) groups excluding carboxylic acids is 3. The van der Waals surface area contributed by atoms with Crippen LogP contribution in [0.1, 0.15) is 32.7 Å². The zero-order valence-electron chi connectivity index (χ0n) is 16.6. The minimum Gasteiger partial charge on any atom is -0.378 e. The highest BCUT2D eigenvalue weighted by Gasteiger charge is 2.35. The lowest BCUT2D eigenvalue weighted by atomic mass is 10.1. The third kappa shape index (κ3) is 4.11. The van der Waals surface area contributed by atoms with Crippen molar-refractivity contribution in [1.29, 1.82) is 0 Å². The van der Waals surface area contributed by atoms with Gasteiger partial charge in [0.15, 0.2) is 0 Å². The molecule has 0 spiro atoms. The lowest BCUT2D eigenvalue weighted by molar-refractivity contribution is -0.116. The Morgan fingerprint density at radius 2 is 1.80 bits per heavy atom. The quantitative estimate of drug-likeness (QED) is 0.677. The number of morpholine rings is 1. The van der Waals surface area contributed by atoms with E-state index in [1.807, 2.05) is 25.1 Å². The number of nitrogens with zero attached hydrogens (tertiary/aromatic N) is 2. The third-order valence-corrected chi connectivity index (χ3v) is 5.85. The summed E-state index contributed by atoms with van der Waals surface area (Å²) in [5, 5.41) is 2.89. The van der Waals surface area contributed by atoms with Crippen LogP contribution in [0.3, 0.4) is 0 Å². The van der Waals surface area contributed by atoms with Crippen LogP contribution >= 0.6 is 15.9 Å². The number of hydrogen-bond donors (Lipinski definition) is 1. The molecule has 0 bridgehead atoms. The number of carbonyl (C=O) groups is 3. The van der Waals surface area contributed by atoms with Gasteiger partial charge in [-0.1, -0.05) is 15.9 Å². The molecule has 0 aliphatic carbocycles. The second kappa shape index (κ2) is 8.57. The fourth-order valence-corrected chi connectivity index (χ4v) is 4.06. The summed E-state index contributed by atoms with van der Waals surface area (Å²) in [5.74, 6) is -0.966. The number of imide groups is 1. The number of hydrogen-bond acceptors (Lipinski definition) is 5. The Balaban J connectivity index is 1.36. The van der Waals surface area contributed by atoms with Crippen molar-refractivity contribution in [2.45, 2.75) is 13.3 Å². The van der Waals surface area contributed by atoms with E-state index in [0.29, 0.717) is 24.3 Å². The number of amides is 3. The SMILES string of the molecule is Cc1cc(N2CCOCC2)ccc1NC(=O)CCN1C(=O)c2ccc(Br)cc2C1=O. The van der Waals surface area contributed by atoms with Gasteiger partial charge in [0, 0.05) is 41.9 Å². The number of rotatable bonds is 5. The Morgan fingerprint density at radius 1 is 1.07 bits per heavy atom. The van der Waals surface area contributed by atoms with Gasteiger partial charge in [-0.3, -0.25) is 19.3 Å². The summed E-state index contributed by atoms with van der Waals surface area (Å²) in [4.78, 5) is 40.8. The lowest BCUT2D eigenvalue weighted by Crippen LogP contribution is -2.36. The van der Waals surface area contributed by atoms with Crippen LogP contribution in [0.5, 0.6) is 0 Å². The van der Waals surface area contributed by atoms with Crippen molar-refractivity contribution >= 4 is 45.0 Å². The first-order valence-electron chi connectivity index (χ1n) is 9.83. The monoisotopic (exact) mass is 471 g/mol. The van der Waals surface area contributed by atoms with Gasteiger partial charge in [-0.2, -0.15) is 0 Å². The van der Waals surface area contributed by atoms with Gasteiger partial charge in [0.1, 0.15) is 0 Å². The molecule has 2 aliphatic heterocycles. The van der Waals surface area contributed by atoms with Crippen LogP contribution in [0.4, 0.5) is 11.4 Å². The number of ether oxygens (including phenoxy) is 1. The Kier molecular flexibility index (Phi) is 5.87. The van der Waals surface area contributed by atoms with E-state index in [1.54, 1.807) is 18.2 Å². The molecule has 2 aromatic carbocycles. The van der Waals surface area contributed by atoms with Gasteiger partial charge in [0.05, 0.1) is 24.3 Å². The van der Waals surface area contributed by atoms with E-state index in [1.165, 1.54) is 0 Å². The van der Waals surface area contributed by atoms with Crippen molar-refractivity contribution < 1.29 is 19.1 Å². The van der Waals surface area contributed by atoms with Crippen molar-refractivity contribution in [1.82, 2.24) is 4.90 Å². The predicted molar refractivity (Wildman–Crippen MR) is 117 cm³/mol. The van der Waals surface area contributed by atoms with Crippen molar-refractivity contribution in [2.75, 3.05) is 43.1 Å². The van der Waals surface area contributed by atoms with Crippen molar-refractivity contribution in [3.63, 3.8) is 0 Å². The molecule has 4 rings (SSSR count). The van der Waals surface area contributed by atoms with E-state index in [4.69, 9.17) is 4.74 Å². The minimum atomic E-state index is -0.366. The van der Waals surface area contributed by atoms with Crippen molar-refractivity contribution in [3.8, 4) is 0 Å². The number of aryl methyl sites for hydroxylation is 1. The summed E-state index contributed by atoms with van der Waals surface area (Å²) in [6, 6.07) is 10.9. The summed E-state index contributed by atoms with van der Waals surface area (Å²) in [6.45, 7) is 5.12. The van der Waals surface area contributed by atoms with Gasteiger partial charge in [-0.25, -0.2) is 0 Å². The number of fused-ring (bicyclic) bond motifs is 1. The largest absolute Gasteiger partial charge is 0.378 e. The van der Waals surface area contributed by atoms with Gasteiger partial charge in [-0.15, -0.1) is 0 Å². The fourth-order valence-electron chi connectivity index (χ4n) is 3.70. The maximum Gasteiger partial charge on any atom is 0.261 e. The normalized spacial score (nSPS) is 16.1. The molecule has 1 saturated heterocycles. The standard InChI is InChI=1S/C22H22BrN3O4/c1-14-12-16(25-8-10-30-11-9-25)3-5-19(14)24-20(27)6-7-26-21(28)17-4-2-15(23)13-18(17)22(26)29/h2-5,12-13H,6-11H2,1H3,(H,24,27). The topological polar surface area (TPSA) is 79.0 Å². The molecule has 0 unspecified atom stereocenters. The fraction of sp³-hybridized carbons (Fsp3) is 0.318. The van der Waals surface area contributed by atoms with Crippen LogP contribution in [0, 0.1) is 6.92 Å². The Bertz CT molecular complexity index is 1020. The second-order valence-electron chi connectivity index (χ2n) is 7.35. The van der Waals surface area contributed by atoms with Crippen molar-refractivity contribution in [3.05, 3.63) is 57.6 Å². The molecule has 7 nitrogen and oxygen atoms in total. The summed E-state index contributed by atoms with van der Waals surface area (Å²) in [7, 11) is 0. The summed E-state index contributed by atoms with van der Waals surface area (Å²) >= 11 is 3.31. The van der Waals surface area contributed by atoms with Gasteiger partial charge in [0.2, 0.25) is 5.91 Å². The molecule has 2 aliphatic rings. The second-order valence-corrected chi connectivity index (χ2v) is 8.26. The Labute approximate surface area is 183 Å². The molecule has 0 radical (unpaired) electrons. The first-order valence-corrected chi connectivity index (χ1v) is 10.6. The number of benzene rings is 2. The molecule has 0 saturated carbocycles. The Hall–Kier alpha value is -2.71.